The molecule has 148 valence electrons. The molecule has 0 bridgehead atoms. The minimum absolute atomic E-state index is 0. The summed E-state index contributed by atoms with van der Waals surface area (Å²) >= 11 is 0. The molecule has 4 atom stereocenters. The topological polar surface area (TPSA) is 24.1 Å². The first-order chi connectivity index (χ1) is 11.7. The van der Waals surface area contributed by atoms with Crippen molar-refractivity contribution in [1.29, 1.82) is 0 Å². The molecule has 0 aromatic rings. The van der Waals surface area contributed by atoms with Crippen LogP contribution in [0.15, 0.2) is 74.9 Å². The van der Waals surface area contributed by atoms with Crippen molar-refractivity contribution in [3.05, 3.63) is 74.9 Å². The van der Waals surface area contributed by atoms with E-state index in [1.165, 1.54) is 0 Å². The predicted molar refractivity (Wildman–Crippen MR) is 123 cm³/mol. The quantitative estimate of drug-likeness (QED) is 0.512. The summed E-state index contributed by atoms with van der Waals surface area (Å²) in [5.74, 6) is 0. The van der Waals surface area contributed by atoms with Crippen LogP contribution < -0.4 is 10.6 Å². The molecule has 2 N–H and O–H groups in total. The Labute approximate surface area is 173 Å². The molecule has 26 heavy (non-hydrogen) atoms. The Morgan fingerprint density at radius 2 is 1.00 bits per heavy atom. The van der Waals surface area contributed by atoms with Gasteiger partial charge in [0.2, 0.25) is 0 Å². The number of hydrogen-bond donors (Lipinski definition) is 2. The third kappa shape index (κ3) is 11.5. The van der Waals surface area contributed by atoms with E-state index in [4.69, 9.17) is 0 Å². The van der Waals surface area contributed by atoms with E-state index in [0.717, 1.165) is 38.5 Å². The maximum atomic E-state index is 3.74. The highest BCUT2D eigenvalue weighted by Crippen LogP contribution is 2.11. The second-order valence-corrected chi connectivity index (χ2v) is 6.37. The zero-order chi connectivity index (χ0) is 17.6. The van der Waals surface area contributed by atoms with Crippen LogP contribution in [-0.2, 0) is 0 Å². The Bertz CT molecular complexity index is 415. The lowest BCUT2D eigenvalue weighted by atomic mass is 10.0. The highest BCUT2D eigenvalue weighted by molar-refractivity contribution is 5.85. The van der Waals surface area contributed by atoms with Crippen molar-refractivity contribution >= 4 is 24.8 Å². The molecule has 0 aliphatic carbocycles. The van der Waals surface area contributed by atoms with Gasteiger partial charge in [0.05, 0.1) is 0 Å². The Morgan fingerprint density at radius 1 is 0.654 bits per heavy atom. The Kier molecular flexibility index (Phi) is 18.1. The molecule has 0 aromatic heterocycles. The zero-order valence-corrected chi connectivity index (χ0v) is 17.4. The van der Waals surface area contributed by atoms with Crippen LogP contribution in [0, 0.1) is 0 Å². The second-order valence-electron chi connectivity index (χ2n) is 6.37. The van der Waals surface area contributed by atoms with Crippen molar-refractivity contribution in [2.45, 2.75) is 62.7 Å². The van der Waals surface area contributed by atoms with Crippen molar-refractivity contribution in [2.75, 3.05) is 0 Å². The number of rotatable bonds is 8. The fourth-order valence-electron chi connectivity index (χ4n) is 3.05. The summed E-state index contributed by atoms with van der Waals surface area (Å²) in [7, 11) is 0. The molecule has 2 nitrogen and oxygen atoms in total. The van der Waals surface area contributed by atoms with Crippen LogP contribution in [0.1, 0.15) is 38.5 Å². The fourth-order valence-corrected chi connectivity index (χ4v) is 3.05. The lowest BCUT2D eigenvalue weighted by Crippen LogP contribution is -2.38. The number of hydrogen-bond acceptors (Lipinski definition) is 2. The molecule has 2 rings (SSSR count). The van der Waals surface area contributed by atoms with Gasteiger partial charge in [0.15, 0.2) is 0 Å². The standard InChI is InChI=1S/2C11H17N.2ClH/c2*1-3-6-10-8-5-9-11(12-10)7-4-2;;/h2*3-5,8,10-12H,1-2,6-7,9H2;2*1H/t2*10-,11-;;/m10../s1. The molecule has 0 radical (unpaired) electrons. The lowest BCUT2D eigenvalue weighted by Gasteiger charge is -2.25. The zero-order valence-electron chi connectivity index (χ0n) is 15.8. The molecule has 0 spiro atoms. The van der Waals surface area contributed by atoms with Crippen molar-refractivity contribution in [3.8, 4) is 0 Å². The summed E-state index contributed by atoms with van der Waals surface area (Å²) in [4.78, 5) is 0. The van der Waals surface area contributed by atoms with Crippen molar-refractivity contribution in [1.82, 2.24) is 10.6 Å². The van der Waals surface area contributed by atoms with Crippen LogP contribution in [0.2, 0.25) is 0 Å². The summed E-state index contributed by atoms with van der Waals surface area (Å²) < 4.78 is 0. The van der Waals surface area contributed by atoms with E-state index >= 15 is 0 Å². The molecule has 0 unspecified atom stereocenters. The normalized spacial score (nSPS) is 26.2. The van der Waals surface area contributed by atoms with E-state index in [2.05, 4.69) is 61.3 Å². The third-order valence-corrected chi connectivity index (χ3v) is 4.22. The Morgan fingerprint density at radius 3 is 1.31 bits per heavy atom. The van der Waals surface area contributed by atoms with Crippen LogP contribution in [0.25, 0.3) is 0 Å². The van der Waals surface area contributed by atoms with Gasteiger partial charge in [-0.1, -0.05) is 48.6 Å². The van der Waals surface area contributed by atoms with Gasteiger partial charge >= 0.3 is 0 Å². The molecular formula is C22H36Cl2N2. The summed E-state index contributed by atoms with van der Waals surface area (Å²) in [6.45, 7) is 14.9. The molecule has 2 heterocycles. The van der Waals surface area contributed by atoms with Gasteiger partial charge in [-0.2, -0.15) is 0 Å². The van der Waals surface area contributed by atoms with Gasteiger partial charge in [0.25, 0.3) is 0 Å². The number of nitrogens with one attached hydrogen (secondary N) is 2. The first-order valence-corrected chi connectivity index (χ1v) is 9.02. The average Bonchev–Trinajstić information content (AvgIpc) is 2.58. The van der Waals surface area contributed by atoms with E-state index in [1.54, 1.807) is 0 Å². The highest BCUT2D eigenvalue weighted by atomic mass is 35.5. The van der Waals surface area contributed by atoms with Gasteiger partial charge in [-0.25, -0.2) is 0 Å². The van der Waals surface area contributed by atoms with Gasteiger partial charge < -0.3 is 10.6 Å². The van der Waals surface area contributed by atoms with Crippen LogP contribution in [-0.4, -0.2) is 24.2 Å². The fraction of sp³-hybridized carbons (Fsp3) is 0.455. The predicted octanol–water partition coefficient (Wildman–Crippen LogP) is 5.69. The summed E-state index contributed by atoms with van der Waals surface area (Å²) in [5, 5.41) is 7.05. The van der Waals surface area contributed by atoms with Crippen LogP contribution in [0.4, 0.5) is 0 Å². The Balaban J connectivity index is 0. The smallest absolute Gasteiger partial charge is 0.0287 e. The van der Waals surface area contributed by atoms with Gasteiger partial charge in [0, 0.05) is 24.2 Å². The molecule has 0 aromatic carbocycles. The minimum Gasteiger partial charge on any atom is -0.307 e. The van der Waals surface area contributed by atoms with Gasteiger partial charge in [-0.15, -0.1) is 51.1 Å². The number of halogens is 2. The van der Waals surface area contributed by atoms with Crippen molar-refractivity contribution in [3.63, 3.8) is 0 Å². The first kappa shape index (κ1) is 27.2. The summed E-state index contributed by atoms with van der Waals surface area (Å²) in [6, 6.07) is 2.14. The van der Waals surface area contributed by atoms with E-state index < -0.39 is 0 Å². The van der Waals surface area contributed by atoms with E-state index in [9.17, 15) is 0 Å². The van der Waals surface area contributed by atoms with Crippen molar-refractivity contribution in [2.24, 2.45) is 0 Å². The maximum Gasteiger partial charge on any atom is 0.0287 e. The third-order valence-electron chi connectivity index (χ3n) is 4.22. The monoisotopic (exact) mass is 398 g/mol. The molecule has 2 aliphatic heterocycles. The summed E-state index contributed by atoms with van der Waals surface area (Å²) in [6.07, 6.45) is 23.2. The largest absolute Gasteiger partial charge is 0.307 e. The molecule has 2 aliphatic rings. The van der Waals surface area contributed by atoms with E-state index in [-0.39, 0.29) is 24.8 Å². The molecule has 4 heteroatoms. The average molecular weight is 399 g/mol. The van der Waals surface area contributed by atoms with Gasteiger partial charge in [0.1, 0.15) is 0 Å². The summed E-state index contributed by atoms with van der Waals surface area (Å²) in [5.41, 5.74) is 0. The molecule has 0 fully saturated rings. The van der Waals surface area contributed by atoms with Crippen LogP contribution in [0.3, 0.4) is 0 Å². The first-order valence-electron chi connectivity index (χ1n) is 9.02. The van der Waals surface area contributed by atoms with Gasteiger partial charge in [-0.05, 0) is 38.5 Å². The SMILES string of the molecule is C=CC[C@@H]1CC=C[C@@H](CC=C)N1.C=CC[C@H]1CC=C[C@H](CC=C)N1.Cl.Cl. The van der Waals surface area contributed by atoms with Crippen LogP contribution in [0.5, 0.6) is 0 Å². The van der Waals surface area contributed by atoms with E-state index in [1.807, 2.05) is 24.3 Å². The molecular weight excluding hydrogens is 363 g/mol. The minimum atomic E-state index is 0. The maximum absolute atomic E-state index is 3.74. The highest BCUT2D eigenvalue weighted by Gasteiger charge is 2.14. The molecule has 0 saturated carbocycles. The lowest BCUT2D eigenvalue weighted by molar-refractivity contribution is 0.455. The van der Waals surface area contributed by atoms with E-state index in [0.29, 0.717) is 24.2 Å². The second kappa shape index (κ2) is 17.4. The van der Waals surface area contributed by atoms with Crippen molar-refractivity contribution < 1.29 is 0 Å². The van der Waals surface area contributed by atoms with Crippen LogP contribution >= 0.6 is 24.8 Å². The van der Waals surface area contributed by atoms with Gasteiger partial charge in [-0.3, -0.25) is 0 Å². The molecule has 0 amide bonds. The Hall–Kier alpha value is -1.06. The molecule has 0 saturated heterocycles.